The Bertz CT molecular complexity index is 352. The molecule has 88 valence electrons. The molecule has 16 heavy (non-hydrogen) atoms. The molecule has 0 radical (unpaired) electrons. The zero-order valence-electron chi connectivity index (χ0n) is 10.4. The first-order chi connectivity index (χ1) is 7.69. The fourth-order valence-corrected chi connectivity index (χ4v) is 2.99. The van der Waals surface area contributed by atoms with Crippen molar-refractivity contribution < 1.29 is 0 Å². The van der Waals surface area contributed by atoms with Crippen molar-refractivity contribution >= 4 is 0 Å². The second kappa shape index (κ2) is 4.54. The highest BCUT2D eigenvalue weighted by Crippen LogP contribution is 2.42. The molecule has 1 aromatic heterocycles. The Hall–Kier alpha value is -0.890. The summed E-state index contributed by atoms with van der Waals surface area (Å²) in [5.74, 6) is 0.557. The van der Waals surface area contributed by atoms with E-state index in [4.69, 9.17) is 5.73 Å². The van der Waals surface area contributed by atoms with Gasteiger partial charge in [-0.05, 0) is 36.0 Å². The molecule has 2 N–H and O–H groups in total. The van der Waals surface area contributed by atoms with Gasteiger partial charge in [-0.3, -0.25) is 4.98 Å². The lowest BCUT2D eigenvalue weighted by Crippen LogP contribution is -2.33. The van der Waals surface area contributed by atoms with Gasteiger partial charge in [-0.15, -0.1) is 0 Å². The van der Waals surface area contributed by atoms with Crippen molar-refractivity contribution in [3.05, 3.63) is 29.6 Å². The third-order valence-electron chi connectivity index (χ3n) is 4.00. The molecule has 0 saturated heterocycles. The number of nitrogens with zero attached hydrogens (tertiary/aromatic N) is 1. The van der Waals surface area contributed by atoms with Gasteiger partial charge in [-0.2, -0.15) is 0 Å². The van der Waals surface area contributed by atoms with E-state index in [0.29, 0.717) is 5.92 Å². The first kappa shape index (κ1) is 11.6. The summed E-state index contributed by atoms with van der Waals surface area (Å²) in [6, 6.07) is 2.16. The van der Waals surface area contributed by atoms with Crippen LogP contribution in [0.1, 0.15) is 56.6 Å². The van der Waals surface area contributed by atoms with Crippen molar-refractivity contribution in [1.29, 1.82) is 0 Å². The highest BCUT2D eigenvalue weighted by molar-refractivity contribution is 5.35. The molecule has 2 nitrogen and oxygen atoms in total. The summed E-state index contributed by atoms with van der Waals surface area (Å²) < 4.78 is 0. The summed E-state index contributed by atoms with van der Waals surface area (Å²) in [6.45, 7) is 5.26. The number of aromatic nitrogens is 1. The van der Waals surface area contributed by atoms with Gasteiger partial charge in [0.2, 0.25) is 0 Å². The van der Waals surface area contributed by atoms with Crippen LogP contribution in [0, 0.1) is 0 Å². The van der Waals surface area contributed by atoms with Gasteiger partial charge in [-0.25, -0.2) is 0 Å². The predicted octanol–water partition coefficient (Wildman–Crippen LogP) is 2.98. The van der Waals surface area contributed by atoms with Gasteiger partial charge >= 0.3 is 0 Å². The van der Waals surface area contributed by atoms with Crippen LogP contribution in [0.5, 0.6) is 0 Å². The molecule has 2 heteroatoms. The van der Waals surface area contributed by atoms with Crippen LogP contribution in [0.3, 0.4) is 0 Å². The normalized spacial score (nSPS) is 19.2. The van der Waals surface area contributed by atoms with Crippen molar-refractivity contribution in [3.63, 3.8) is 0 Å². The van der Waals surface area contributed by atoms with Gasteiger partial charge in [0.1, 0.15) is 0 Å². The molecule has 0 atom stereocenters. The van der Waals surface area contributed by atoms with Crippen LogP contribution in [-0.2, 0) is 5.41 Å². The molecular weight excluding hydrogens is 196 g/mol. The van der Waals surface area contributed by atoms with Crippen LogP contribution in [0.15, 0.2) is 18.5 Å². The topological polar surface area (TPSA) is 38.9 Å². The van der Waals surface area contributed by atoms with Crippen LogP contribution in [-0.4, -0.2) is 11.5 Å². The van der Waals surface area contributed by atoms with E-state index in [2.05, 4.69) is 24.9 Å². The number of pyridine rings is 1. The molecule has 1 fully saturated rings. The van der Waals surface area contributed by atoms with Gasteiger partial charge in [0.05, 0.1) is 0 Å². The van der Waals surface area contributed by atoms with Crippen molar-refractivity contribution in [2.45, 2.75) is 50.9 Å². The molecule has 1 saturated carbocycles. The summed E-state index contributed by atoms with van der Waals surface area (Å²) in [6.07, 6.45) is 9.03. The second-order valence-electron chi connectivity index (χ2n) is 5.31. The van der Waals surface area contributed by atoms with Gasteiger partial charge in [0, 0.05) is 24.4 Å². The minimum atomic E-state index is 0.216. The Kier molecular flexibility index (Phi) is 3.29. The van der Waals surface area contributed by atoms with Crippen molar-refractivity contribution in [1.82, 2.24) is 4.98 Å². The average molecular weight is 218 g/mol. The van der Waals surface area contributed by atoms with Crippen LogP contribution in [0.25, 0.3) is 0 Å². The van der Waals surface area contributed by atoms with Gasteiger partial charge in [0.15, 0.2) is 0 Å². The lowest BCUT2D eigenvalue weighted by Gasteiger charge is -2.30. The van der Waals surface area contributed by atoms with E-state index in [-0.39, 0.29) is 5.41 Å². The quantitative estimate of drug-likeness (QED) is 0.847. The highest BCUT2D eigenvalue weighted by atomic mass is 14.7. The van der Waals surface area contributed by atoms with E-state index in [1.807, 2.05) is 12.4 Å². The third-order valence-corrected chi connectivity index (χ3v) is 4.00. The third kappa shape index (κ3) is 1.86. The number of rotatable bonds is 3. The molecule has 0 amide bonds. The van der Waals surface area contributed by atoms with E-state index in [0.717, 1.165) is 6.54 Å². The fourth-order valence-electron chi connectivity index (χ4n) is 2.99. The van der Waals surface area contributed by atoms with Crippen molar-refractivity contribution in [3.8, 4) is 0 Å². The number of hydrogen-bond acceptors (Lipinski definition) is 2. The minimum absolute atomic E-state index is 0.216. The first-order valence-electron chi connectivity index (χ1n) is 6.34. The zero-order chi connectivity index (χ0) is 11.6. The largest absolute Gasteiger partial charge is 0.330 e. The minimum Gasteiger partial charge on any atom is -0.330 e. The molecular formula is C14H22N2. The molecule has 0 bridgehead atoms. The highest BCUT2D eigenvalue weighted by Gasteiger charge is 2.36. The maximum atomic E-state index is 6.04. The maximum Gasteiger partial charge on any atom is 0.0308 e. The molecule has 0 aliphatic heterocycles. The van der Waals surface area contributed by atoms with Gasteiger partial charge < -0.3 is 5.73 Å². The molecule has 1 aliphatic carbocycles. The second-order valence-corrected chi connectivity index (χ2v) is 5.31. The van der Waals surface area contributed by atoms with E-state index in [1.165, 1.54) is 36.8 Å². The Morgan fingerprint density at radius 3 is 2.62 bits per heavy atom. The molecule has 2 rings (SSSR count). The van der Waals surface area contributed by atoms with E-state index >= 15 is 0 Å². The Balaban J connectivity index is 2.45. The molecule has 0 unspecified atom stereocenters. The first-order valence-corrected chi connectivity index (χ1v) is 6.34. The predicted molar refractivity (Wildman–Crippen MR) is 67.5 cm³/mol. The summed E-state index contributed by atoms with van der Waals surface area (Å²) in [4.78, 5) is 4.31. The summed E-state index contributed by atoms with van der Waals surface area (Å²) in [5.41, 5.74) is 9.10. The molecule has 0 aromatic carbocycles. The lowest BCUT2D eigenvalue weighted by atomic mass is 9.76. The molecule has 1 heterocycles. The summed E-state index contributed by atoms with van der Waals surface area (Å²) in [5, 5.41) is 0. The molecule has 1 aromatic rings. The Labute approximate surface area is 98.3 Å². The summed E-state index contributed by atoms with van der Waals surface area (Å²) >= 11 is 0. The zero-order valence-corrected chi connectivity index (χ0v) is 10.4. The van der Waals surface area contributed by atoms with E-state index < -0.39 is 0 Å². The Morgan fingerprint density at radius 2 is 2.06 bits per heavy atom. The van der Waals surface area contributed by atoms with Crippen LogP contribution >= 0.6 is 0 Å². The van der Waals surface area contributed by atoms with E-state index in [1.54, 1.807) is 0 Å². The molecule has 1 aliphatic rings. The lowest BCUT2D eigenvalue weighted by molar-refractivity contribution is 0.445. The van der Waals surface area contributed by atoms with Crippen molar-refractivity contribution in [2.75, 3.05) is 6.54 Å². The van der Waals surface area contributed by atoms with Gasteiger partial charge in [-0.1, -0.05) is 26.7 Å². The SMILES string of the molecule is CC(C)c1ccncc1C1(CN)CCCC1. The molecule has 0 spiro atoms. The van der Waals surface area contributed by atoms with Crippen LogP contribution < -0.4 is 5.73 Å². The number of hydrogen-bond donors (Lipinski definition) is 1. The summed E-state index contributed by atoms with van der Waals surface area (Å²) in [7, 11) is 0. The van der Waals surface area contributed by atoms with Crippen LogP contribution in [0.4, 0.5) is 0 Å². The average Bonchev–Trinajstić information content (AvgIpc) is 2.78. The maximum absolute atomic E-state index is 6.04. The number of nitrogens with two attached hydrogens (primary N) is 1. The van der Waals surface area contributed by atoms with E-state index in [9.17, 15) is 0 Å². The fraction of sp³-hybridized carbons (Fsp3) is 0.643. The Morgan fingerprint density at radius 1 is 1.38 bits per heavy atom. The van der Waals surface area contributed by atoms with Crippen LogP contribution in [0.2, 0.25) is 0 Å². The standard InChI is InChI=1S/C14H22N2/c1-11(2)12-5-8-16-9-13(12)14(10-15)6-3-4-7-14/h5,8-9,11H,3-4,6-7,10,15H2,1-2H3. The smallest absolute Gasteiger partial charge is 0.0308 e. The van der Waals surface area contributed by atoms with Crippen molar-refractivity contribution in [2.24, 2.45) is 5.73 Å². The monoisotopic (exact) mass is 218 g/mol. The van der Waals surface area contributed by atoms with Gasteiger partial charge in [0.25, 0.3) is 0 Å².